The molecule has 2 aliphatic carbocycles. The minimum atomic E-state index is -0.0697. The van der Waals surface area contributed by atoms with Crippen molar-refractivity contribution >= 4 is 16.8 Å². The first-order valence-electron chi connectivity index (χ1n) is 11.3. The Morgan fingerprint density at radius 3 is 2.41 bits per heavy atom. The van der Waals surface area contributed by atoms with Gasteiger partial charge in [-0.05, 0) is 56.6 Å². The second-order valence-corrected chi connectivity index (χ2v) is 8.86. The predicted molar refractivity (Wildman–Crippen MR) is 113 cm³/mol. The van der Waals surface area contributed by atoms with Crippen molar-refractivity contribution in [1.29, 1.82) is 0 Å². The van der Waals surface area contributed by atoms with E-state index in [1.54, 1.807) is 6.07 Å². The largest absolute Gasteiger partial charge is 0.353 e. The van der Waals surface area contributed by atoms with E-state index < -0.39 is 0 Å². The molecule has 6 heteroatoms. The monoisotopic (exact) mass is 396 g/mol. The van der Waals surface area contributed by atoms with Gasteiger partial charge in [-0.15, -0.1) is 5.10 Å². The van der Waals surface area contributed by atoms with Crippen molar-refractivity contribution in [3.8, 4) is 0 Å². The van der Waals surface area contributed by atoms with Gasteiger partial charge in [0.15, 0.2) is 0 Å². The highest BCUT2D eigenvalue weighted by molar-refractivity contribution is 5.79. The molecular formula is C23H32N4O2. The van der Waals surface area contributed by atoms with Crippen LogP contribution in [0.4, 0.5) is 0 Å². The highest BCUT2D eigenvalue weighted by Gasteiger charge is 2.28. The Hall–Kier alpha value is -2.24. The van der Waals surface area contributed by atoms with E-state index in [1.807, 2.05) is 18.2 Å². The molecule has 4 rings (SSSR count). The summed E-state index contributed by atoms with van der Waals surface area (Å²) in [6.45, 7) is 0.591. The quantitative estimate of drug-likeness (QED) is 0.852. The van der Waals surface area contributed by atoms with Gasteiger partial charge in [-0.1, -0.05) is 49.5 Å². The number of rotatable bonds is 4. The van der Waals surface area contributed by atoms with Crippen molar-refractivity contribution in [3.63, 3.8) is 0 Å². The Bertz CT molecular complexity index is 878. The molecule has 0 bridgehead atoms. The average molecular weight is 397 g/mol. The number of benzene rings is 1. The van der Waals surface area contributed by atoms with Crippen LogP contribution in [0.2, 0.25) is 0 Å². The number of carbonyl (C=O) groups is 1. The maximum Gasteiger partial charge on any atom is 0.277 e. The van der Waals surface area contributed by atoms with Gasteiger partial charge >= 0.3 is 0 Å². The van der Waals surface area contributed by atoms with E-state index in [0.717, 1.165) is 38.5 Å². The van der Waals surface area contributed by atoms with Crippen LogP contribution in [0, 0.1) is 11.8 Å². The van der Waals surface area contributed by atoms with E-state index in [0.29, 0.717) is 29.4 Å². The van der Waals surface area contributed by atoms with Gasteiger partial charge in [-0.2, -0.15) is 0 Å². The molecule has 2 saturated carbocycles. The van der Waals surface area contributed by atoms with Gasteiger partial charge in [-0.3, -0.25) is 9.59 Å². The fourth-order valence-electron chi connectivity index (χ4n) is 4.91. The first kappa shape index (κ1) is 20.0. The van der Waals surface area contributed by atoms with Crippen LogP contribution in [0.3, 0.4) is 0 Å². The Balaban J connectivity index is 1.29. The van der Waals surface area contributed by atoms with Gasteiger partial charge in [0.25, 0.3) is 5.56 Å². The summed E-state index contributed by atoms with van der Waals surface area (Å²) in [6, 6.07) is 7.71. The molecule has 0 radical (unpaired) electrons. The lowest BCUT2D eigenvalue weighted by atomic mass is 9.81. The van der Waals surface area contributed by atoms with E-state index >= 15 is 0 Å². The first-order valence-corrected chi connectivity index (χ1v) is 11.3. The molecule has 2 fully saturated rings. The van der Waals surface area contributed by atoms with Crippen LogP contribution in [0.25, 0.3) is 10.9 Å². The molecule has 0 aliphatic heterocycles. The molecule has 1 aromatic heterocycles. The summed E-state index contributed by atoms with van der Waals surface area (Å²) in [5, 5.41) is 12.3. The zero-order valence-electron chi connectivity index (χ0n) is 17.2. The van der Waals surface area contributed by atoms with Gasteiger partial charge < -0.3 is 5.32 Å². The smallest absolute Gasteiger partial charge is 0.277 e. The second-order valence-electron chi connectivity index (χ2n) is 8.86. The third-order valence-electron chi connectivity index (χ3n) is 6.73. The predicted octanol–water partition coefficient (Wildman–Crippen LogP) is 3.83. The molecule has 1 heterocycles. The summed E-state index contributed by atoms with van der Waals surface area (Å²) in [7, 11) is 0. The zero-order valence-corrected chi connectivity index (χ0v) is 17.2. The first-order chi connectivity index (χ1) is 14.2. The SMILES string of the molecule is O=C(NC1CCCCCCC1)C1CCC(Cn2nnc3ccccc3c2=O)CC1. The Kier molecular flexibility index (Phi) is 6.57. The van der Waals surface area contributed by atoms with Crippen LogP contribution in [-0.2, 0) is 11.3 Å². The standard InChI is InChI=1S/C23H32N4O2/c28-22(24-19-8-4-2-1-3-5-9-19)18-14-12-17(13-15-18)16-27-23(29)20-10-6-7-11-21(20)25-26-27/h6-7,10-11,17-19H,1-5,8-9,12-16H2,(H,24,28). The minimum Gasteiger partial charge on any atom is -0.353 e. The van der Waals surface area contributed by atoms with E-state index in [4.69, 9.17) is 0 Å². The zero-order chi connectivity index (χ0) is 20.1. The Morgan fingerprint density at radius 1 is 0.966 bits per heavy atom. The van der Waals surface area contributed by atoms with Crippen molar-refractivity contribution in [2.45, 2.75) is 83.2 Å². The van der Waals surface area contributed by atoms with Crippen molar-refractivity contribution in [3.05, 3.63) is 34.6 Å². The molecule has 1 aromatic carbocycles. The molecule has 2 aliphatic rings. The molecule has 2 aromatic rings. The third-order valence-corrected chi connectivity index (χ3v) is 6.73. The molecule has 0 spiro atoms. The van der Waals surface area contributed by atoms with Crippen LogP contribution in [0.1, 0.15) is 70.6 Å². The van der Waals surface area contributed by atoms with Crippen molar-refractivity contribution in [2.24, 2.45) is 11.8 Å². The Labute approximate surface area is 172 Å². The van der Waals surface area contributed by atoms with Crippen LogP contribution in [0.15, 0.2) is 29.1 Å². The van der Waals surface area contributed by atoms with E-state index in [9.17, 15) is 9.59 Å². The number of amides is 1. The molecule has 0 unspecified atom stereocenters. The molecule has 1 N–H and O–H groups in total. The van der Waals surface area contributed by atoms with Gasteiger partial charge in [0.05, 0.1) is 5.39 Å². The van der Waals surface area contributed by atoms with Crippen molar-refractivity contribution in [1.82, 2.24) is 20.3 Å². The molecule has 0 atom stereocenters. The minimum absolute atomic E-state index is 0.0697. The highest BCUT2D eigenvalue weighted by atomic mass is 16.2. The van der Waals surface area contributed by atoms with E-state index in [2.05, 4.69) is 15.6 Å². The second kappa shape index (κ2) is 9.51. The average Bonchev–Trinajstić information content (AvgIpc) is 2.72. The number of carbonyl (C=O) groups excluding carboxylic acids is 1. The fourth-order valence-corrected chi connectivity index (χ4v) is 4.91. The fraction of sp³-hybridized carbons (Fsp3) is 0.652. The van der Waals surface area contributed by atoms with Crippen LogP contribution >= 0.6 is 0 Å². The lowest BCUT2D eigenvalue weighted by Gasteiger charge is -2.29. The third kappa shape index (κ3) is 5.03. The van der Waals surface area contributed by atoms with Crippen molar-refractivity contribution < 1.29 is 4.79 Å². The molecule has 29 heavy (non-hydrogen) atoms. The van der Waals surface area contributed by atoms with E-state index in [1.165, 1.54) is 36.8 Å². The summed E-state index contributed by atoms with van der Waals surface area (Å²) in [5.74, 6) is 0.751. The lowest BCUT2D eigenvalue weighted by Crippen LogP contribution is -2.40. The number of aromatic nitrogens is 3. The summed E-state index contributed by atoms with van der Waals surface area (Å²) < 4.78 is 1.50. The number of nitrogens with one attached hydrogen (secondary N) is 1. The molecular weight excluding hydrogens is 364 g/mol. The molecule has 6 nitrogen and oxygen atoms in total. The lowest BCUT2D eigenvalue weighted by molar-refractivity contribution is -0.127. The topological polar surface area (TPSA) is 76.9 Å². The summed E-state index contributed by atoms with van der Waals surface area (Å²) >= 11 is 0. The number of hydrogen-bond acceptors (Lipinski definition) is 4. The maximum absolute atomic E-state index is 12.7. The number of hydrogen-bond donors (Lipinski definition) is 1. The normalized spacial score (nSPS) is 24.0. The molecule has 156 valence electrons. The van der Waals surface area contributed by atoms with E-state index in [-0.39, 0.29) is 17.4 Å². The molecule has 0 saturated heterocycles. The van der Waals surface area contributed by atoms with Crippen LogP contribution in [-0.4, -0.2) is 26.9 Å². The van der Waals surface area contributed by atoms with Crippen LogP contribution in [0.5, 0.6) is 0 Å². The number of fused-ring (bicyclic) bond motifs is 1. The summed E-state index contributed by atoms with van der Waals surface area (Å²) in [5.41, 5.74) is 0.572. The van der Waals surface area contributed by atoms with Gasteiger partial charge in [0.2, 0.25) is 5.91 Å². The Morgan fingerprint density at radius 2 is 1.66 bits per heavy atom. The molecule has 1 amide bonds. The maximum atomic E-state index is 12.7. The number of nitrogens with zero attached hydrogens (tertiary/aromatic N) is 3. The summed E-state index contributed by atoms with van der Waals surface area (Å²) in [4.78, 5) is 25.4. The van der Waals surface area contributed by atoms with Crippen LogP contribution < -0.4 is 10.9 Å². The summed E-state index contributed by atoms with van der Waals surface area (Å²) in [6.07, 6.45) is 12.4. The highest BCUT2D eigenvalue weighted by Crippen LogP contribution is 2.30. The van der Waals surface area contributed by atoms with Gasteiger partial charge in [0.1, 0.15) is 5.52 Å². The van der Waals surface area contributed by atoms with Crippen molar-refractivity contribution in [2.75, 3.05) is 0 Å². The van der Waals surface area contributed by atoms with Gasteiger partial charge in [0, 0.05) is 18.5 Å². The van der Waals surface area contributed by atoms with Gasteiger partial charge in [-0.25, -0.2) is 4.68 Å².